The normalized spacial score (nSPS) is 10.3. The van der Waals surface area contributed by atoms with Crippen molar-refractivity contribution < 1.29 is 24.4 Å². The average molecular weight is 294 g/mol. The van der Waals surface area contributed by atoms with Crippen LogP contribution in [0.1, 0.15) is 12.0 Å². The third-order valence-electron chi connectivity index (χ3n) is 2.36. The molecule has 0 atom stereocenters. The first-order valence-corrected chi connectivity index (χ1v) is 6.02. The number of nitro benzene ring substituents is 1. The minimum absolute atomic E-state index is 0.00517. The molecule has 0 fully saturated rings. The number of nitrogens with zero attached hydrogens (tertiary/aromatic N) is 1. The summed E-state index contributed by atoms with van der Waals surface area (Å²) < 4.78 is 4.90. The van der Waals surface area contributed by atoms with Gasteiger partial charge in [0.2, 0.25) is 0 Å². The van der Waals surface area contributed by atoms with Gasteiger partial charge in [-0.15, -0.1) is 0 Å². The summed E-state index contributed by atoms with van der Waals surface area (Å²) in [5.41, 5.74) is 0.593. The van der Waals surface area contributed by atoms with Crippen molar-refractivity contribution in [2.45, 2.75) is 13.0 Å². The number of alkyl carbamates (subject to hydrolysis) is 1. The number of nitrogens with one attached hydrogen (secondary N) is 1. The molecule has 0 bridgehead atoms. The monoisotopic (exact) mass is 294 g/mol. The summed E-state index contributed by atoms with van der Waals surface area (Å²) in [6, 6.07) is 5.66. The van der Waals surface area contributed by atoms with Crippen LogP contribution in [0.4, 0.5) is 10.5 Å². The number of carbonyl (C=O) groups is 2. The molecular weight excluding hydrogens is 280 g/mol. The van der Waals surface area contributed by atoms with Gasteiger partial charge >= 0.3 is 12.1 Å². The molecule has 0 aliphatic rings. The maximum atomic E-state index is 11.3. The van der Waals surface area contributed by atoms with Crippen LogP contribution in [0.3, 0.4) is 0 Å². The van der Waals surface area contributed by atoms with E-state index in [4.69, 9.17) is 9.84 Å². The molecule has 0 heterocycles. The Morgan fingerprint density at radius 2 is 2.00 bits per heavy atom. The zero-order chi connectivity index (χ0) is 15.7. The fraction of sp³-hybridized carbons (Fsp3) is 0.231. The van der Waals surface area contributed by atoms with Crippen molar-refractivity contribution in [2.24, 2.45) is 0 Å². The van der Waals surface area contributed by atoms with Gasteiger partial charge in [0.15, 0.2) is 0 Å². The van der Waals surface area contributed by atoms with E-state index in [1.54, 1.807) is 0 Å². The molecule has 0 unspecified atom stereocenters. The summed E-state index contributed by atoms with van der Waals surface area (Å²) in [7, 11) is 0. The Balaban J connectivity index is 2.26. The molecule has 1 aromatic rings. The lowest BCUT2D eigenvalue weighted by molar-refractivity contribution is -0.384. The van der Waals surface area contributed by atoms with Crippen LogP contribution in [0, 0.1) is 10.1 Å². The molecule has 0 aliphatic heterocycles. The van der Waals surface area contributed by atoms with E-state index in [0.29, 0.717) is 12.0 Å². The maximum absolute atomic E-state index is 11.3. The van der Waals surface area contributed by atoms with E-state index in [0.717, 1.165) is 6.08 Å². The van der Waals surface area contributed by atoms with Crippen LogP contribution in [0.5, 0.6) is 0 Å². The Morgan fingerprint density at radius 3 is 2.57 bits per heavy atom. The third-order valence-corrected chi connectivity index (χ3v) is 2.36. The van der Waals surface area contributed by atoms with Gasteiger partial charge in [-0.25, -0.2) is 9.59 Å². The number of benzene rings is 1. The van der Waals surface area contributed by atoms with Crippen molar-refractivity contribution in [1.29, 1.82) is 0 Å². The van der Waals surface area contributed by atoms with E-state index < -0.39 is 17.0 Å². The average Bonchev–Trinajstić information content (AvgIpc) is 2.44. The number of hydrogen-bond donors (Lipinski definition) is 2. The van der Waals surface area contributed by atoms with Crippen LogP contribution in [0.25, 0.3) is 0 Å². The Labute approximate surface area is 120 Å². The predicted octanol–water partition coefficient (Wildman–Crippen LogP) is 1.85. The molecular formula is C13H14N2O6. The number of amides is 1. The van der Waals surface area contributed by atoms with E-state index >= 15 is 0 Å². The molecule has 0 aromatic heterocycles. The van der Waals surface area contributed by atoms with Gasteiger partial charge in [0.1, 0.15) is 6.61 Å². The van der Waals surface area contributed by atoms with Gasteiger partial charge in [0, 0.05) is 24.8 Å². The van der Waals surface area contributed by atoms with Crippen LogP contribution in [-0.4, -0.2) is 28.6 Å². The summed E-state index contributed by atoms with van der Waals surface area (Å²) in [5, 5.41) is 21.2. The van der Waals surface area contributed by atoms with E-state index in [2.05, 4.69) is 5.32 Å². The highest BCUT2D eigenvalue weighted by Gasteiger charge is 2.05. The fourth-order valence-corrected chi connectivity index (χ4v) is 1.36. The smallest absolute Gasteiger partial charge is 0.407 e. The number of nitro groups is 1. The summed E-state index contributed by atoms with van der Waals surface area (Å²) in [4.78, 5) is 31.4. The summed E-state index contributed by atoms with van der Waals surface area (Å²) in [6.45, 7) is 0.248. The highest BCUT2D eigenvalue weighted by atomic mass is 16.6. The SMILES string of the molecule is O=C(O)/C=C/CCNC(=O)OCc1ccc([N+](=O)[O-])cc1. The van der Waals surface area contributed by atoms with Crippen LogP contribution >= 0.6 is 0 Å². The molecule has 1 amide bonds. The number of carbonyl (C=O) groups excluding carboxylic acids is 1. The third kappa shape index (κ3) is 6.71. The molecule has 0 saturated carbocycles. The lowest BCUT2D eigenvalue weighted by atomic mass is 10.2. The molecule has 0 saturated heterocycles. The molecule has 112 valence electrons. The molecule has 1 rings (SSSR count). The van der Waals surface area contributed by atoms with E-state index in [1.165, 1.54) is 30.3 Å². The number of hydrogen-bond acceptors (Lipinski definition) is 5. The highest BCUT2D eigenvalue weighted by molar-refractivity contribution is 5.79. The number of carboxylic acids is 1. The van der Waals surface area contributed by atoms with E-state index in [1.807, 2.05) is 0 Å². The molecule has 8 nitrogen and oxygen atoms in total. The van der Waals surface area contributed by atoms with Gasteiger partial charge in [0.25, 0.3) is 5.69 Å². The van der Waals surface area contributed by atoms with Crippen LogP contribution in [0.15, 0.2) is 36.4 Å². The highest BCUT2D eigenvalue weighted by Crippen LogP contribution is 2.12. The van der Waals surface area contributed by atoms with Crippen molar-refractivity contribution >= 4 is 17.7 Å². The maximum Gasteiger partial charge on any atom is 0.407 e. The molecule has 2 N–H and O–H groups in total. The van der Waals surface area contributed by atoms with Gasteiger partial charge < -0.3 is 15.2 Å². The Kier molecular flexibility index (Phi) is 6.39. The van der Waals surface area contributed by atoms with Crippen molar-refractivity contribution in [3.8, 4) is 0 Å². The number of ether oxygens (including phenoxy) is 1. The Morgan fingerprint density at radius 1 is 1.33 bits per heavy atom. The minimum Gasteiger partial charge on any atom is -0.478 e. The minimum atomic E-state index is -1.05. The Bertz CT molecular complexity index is 538. The van der Waals surface area contributed by atoms with Crippen LogP contribution in [-0.2, 0) is 16.1 Å². The lowest BCUT2D eigenvalue weighted by Crippen LogP contribution is -2.24. The topological polar surface area (TPSA) is 119 Å². The van der Waals surface area contributed by atoms with Crippen molar-refractivity contribution in [2.75, 3.05) is 6.54 Å². The van der Waals surface area contributed by atoms with Gasteiger partial charge in [-0.3, -0.25) is 10.1 Å². The molecule has 0 aliphatic carbocycles. The van der Waals surface area contributed by atoms with Gasteiger partial charge in [-0.1, -0.05) is 6.08 Å². The van der Waals surface area contributed by atoms with E-state index in [-0.39, 0.29) is 18.8 Å². The van der Waals surface area contributed by atoms with Crippen LogP contribution < -0.4 is 5.32 Å². The first kappa shape index (κ1) is 16.2. The summed E-state index contributed by atoms with van der Waals surface area (Å²) in [6.07, 6.45) is 2.14. The number of aliphatic carboxylic acids is 1. The van der Waals surface area contributed by atoms with Gasteiger partial charge in [-0.2, -0.15) is 0 Å². The zero-order valence-electron chi connectivity index (χ0n) is 11.0. The molecule has 0 radical (unpaired) electrons. The molecule has 1 aromatic carbocycles. The lowest BCUT2D eigenvalue weighted by Gasteiger charge is -2.05. The van der Waals surface area contributed by atoms with Gasteiger partial charge in [0.05, 0.1) is 4.92 Å². The second-order valence-electron chi connectivity index (χ2n) is 3.96. The first-order valence-electron chi connectivity index (χ1n) is 6.02. The number of rotatable bonds is 7. The first-order chi connectivity index (χ1) is 9.99. The standard InChI is InChI=1S/C13H14N2O6/c16-12(17)3-1-2-8-14-13(18)21-9-10-4-6-11(7-5-10)15(19)20/h1,3-7H,2,8-9H2,(H,14,18)(H,16,17)/b3-1+. The molecule has 21 heavy (non-hydrogen) atoms. The zero-order valence-corrected chi connectivity index (χ0v) is 11.0. The van der Waals surface area contributed by atoms with Crippen molar-refractivity contribution in [3.63, 3.8) is 0 Å². The Hall–Kier alpha value is -2.90. The van der Waals surface area contributed by atoms with Gasteiger partial charge in [-0.05, 0) is 24.1 Å². The predicted molar refractivity (Wildman–Crippen MR) is 72.7 cm³/mol. The molecule has 8 heteroatoms. The second-order valence-corrected chi connectivity index (χ2v) is 3.96. The van der Waals surface area contributed by atoms with Crippen LogP contribution in [0.2, 0.25) is 0 Å². The second kappa shape index (κ2) is 8.31. The van der Waals surface area contributed by atoms with Crippen molar-refractivity contribution in [3.05, 3.63) is 52.1 Å². The molecule has 0 spiro atoms. The number of carboxylic acid groups (broad SMARTS) is 1. The summed E-state index contributed by atoms with van der Waals surface area (Å²) in [5.74, 6) is -1.05. The largest absolute Gasteiger partial charge is 0.478 e. The van der Waals surface area contributed by atoms with E-state index in [9.17, 15) is 19.7 Å². The summed E-state index contributed by atoms with van der Waals surface area (Å²) >= 11 is 0. The fourth-order valence-electron chi connectivity index (χ4n) is 1.36. The quantitative estimate of drug-likeness (QED) is 0.343. The number of non-ortho nitro benzene ring substituents is 1. The van der Waals surface area contributed by atoms with Crippen molar-refractivity contribution in [1.82, 2.24) is 5.32 Å².